The van der Waals surface area contributed by atoms with Gasteiger partial charge in [-0.1, -0.05) is 12.1 Å². The SMILES string of the molecule is Nc1cccc(-c2ccnc(Nc3ccc(F)cc3)n2)c1. The summed E-state index contributed by atoms with van der Waals surface area (Å²) < 4.78 is 12.9. The predicted octanol–water partition coefficient (Wildman–Crippen LogP) is 3.61. The highest BCUT2D eigenvalue weighted by atomic mass is 19.1. The molecule has 1 heterocycles. The van der Waals surface area contributed by atoms with E-state index in [9.17, 15) is 4.39 Å². The molecule has 0 atom stereocenters. The van der Waals surface area contributed by atoms with Gasteiger partial charge >= 0.3 is 0 Å². The molecule has 0 amide bonds. The summed E-state index contributed by atoms with van der Waals surface area (Å²) in [7, 11) is 0. The summed E-state index contributed by atoms with van der Waals surface area (Å²) in [4.78, 5) is 8.59. The first-order chi connectivity index (χ1) is 10.2. The van der Waals surface area contributed by atoms with Gasteiger partial charge < -0.3 is 11.1 Å². The maximum Gasteiger partial charge on any atom is 0.227 e. The van der Waals surface area contributed by atoms with Crippen molar-refractivity contribution in [2.45, 2.75) is 0 Å². The van der Waals surface area contributed by atoms with Gasteiger partial charge in [-0.05, 0) is 42.5 Å². The second kappa shape index (κ2) is 5.58. The van der Waals surface area contributed by atoms with E-state index in [4.69, 9.17) is 5.73 Å². The molecule has 4 nitrogen and oxygen atoms in total. The van der Waals surface area contributed by atoms with Crippen molar-refractivity contribution in [2.24, 2.45) is 0 Å². The molecule has 0 bridgehead atoms. The number of nitrogen functional groups attached to an aromatic ring is 1. The lowest BCUT2D eigenvalue weighted by atomic mass is 10.1. The van der Waals surface area contributed by atoms with E-state index in [2.05, 4.69) is 15.3 Å². The molecule has 21 heavy (non-hydrogen) atoms. The van der Waals surface area contributed by atoms with Crippen LogP contribution in [0.3, 0.4) is 0 Å². The van der Waals surface area contributed by atoms with Crippen molar-refractivity contribution in [3.8, 4) is 11.3 Å². The van der Waals surface area contributed by atoms with Gasteiger partial charge in [0.2, 0.25) is 5.95 Å². The predicted molar refractivity (Wildman–Crippen MR) is 81.6 cm³/mol. The number of halogens is 1. The molecule has 0 radical (unpaired) electrons. The van der Waals surface area contributed by atoms with Crippen LogP contribution in [-0.2, 0) is 0 Å². The van der Waals surface area contributed by atoms with Crippen molar-refractivity contribution in [3.05, 3.63) is 66.6 Å². The number of aromatic nitrogens is 2. The first-order valence-corrected chi connectivity index (χ1v) is 6.42. The van der Waals surface area contributed by atoms with E-state index in [1.807, 2.05) is 30.3 Å². The molecule has 0 aliphatic heterocycles. The van der Waals surface area contributed by atoms with Gasteiger partial charge in [0, 0.05) is 23.1 Å². The number of anilines is 3. The molecule has 2 aromatic carbocycles. The van der Waals surface area contributed by atoms with E-state index < -0.39 is 0 Å². The van der Waals surface area contributed by atoms with E-state index in [-0.39, 0.29) is 5.82 Å². The van der Waals surface area contributed by atoms with Gasteiger partial charge in [0.15, 0.2) is 0 Å². The van der Waals surface area contributed by atoms with Crippen LogP contribution in [-0.4, -0.2) is 9.97 Å². The molecule has 104 valence electrons. The third-order valence-electron chi connectivity index (χ3n) is 2.94. The van der Waals surface area contributed by atoms with E-state index in [0.717, 1.165) is 16.9 Å². The summed E-state index contributed by atoms with van der Waals surface area (Å²) >= 11 is 0. The van der Waals surface area contributed by atoms with Gasteiger partial charge in [-0.25, -0.2) is 14.4 Å². The summed E-state index contributed by atoms with van der Waals surface area (Å²) in [5, 5.41) is 3.04. The van der Waals surface area contributed by atoms with Gasteiger partial charge in [-0.2, -0.15) is 0 Å². The molecular formula is C16H13FN4. The average Bonchev–Trinajstić information content (AvgIpc) is 2.50. The number of hydrogen-bond donors (Lipinski definition) is 2. The summed E-state index contributed by atoms with van der Waals surface area (Å²) in [5.74, 6) is 0.163. The third-order valence-corrected chi connectivity index (χ3v) is 2.94. The lowest BCUT2D eigenvalue weighted by molar-refractivity contribution is 0.628. The third kappa shape index (κ3) is 3.14. The highest BCUT2D eigenvalue weighted by Gasteiger charge is 2.03. The smallest absolute Gasteiger partial charge is 0.227 e. The van der Waals surface area contributed by atoms with Gasteiger partial charge in [-0.3, -0.25) is 0 Å². The Morgan fingerprint density at radius 2 is 1.81 bits per heavy atom. The highest BCUT2D eigenvalue weighted by Crippen LogP contribution is 2.21. The van der Waals surface area contributed by atoms with Crippen LogP contribution < -0.4 is 11.1 Å². The van der Waals surface area contributed by atoms with Crippen LogP contribution in [0.2, 0.25) is 0 Å². The Bertz CT molecular complexity index is 756. The second-order valence-electron chi connectivity index (χ2n) is 4.52. The molecule has 3 aromatic rings. The van der Waals surface area contributed by atoms with Crippen molar-refractivity contribution in [2.75, 3.05) is 11.1 Å². The maximum atomic E-state index is 12.9. The van der Waals surface area contributed by atoms with Crippen LogP contribution in [0.25, 0.3) is 11.3 Å². The van der Waals surface area contributed by atoms with Crippen LogP contribution in [0.15, 0.2) is 60.8 Å². The van der Waals surface area contributed by atoms with Crippen molar-refractivity contribution in [3.63, 3.8) is 0 Å². The van der Waals surface area contributed by atoms with Gasteiger partial charge in [0.25, 0.3) is 0 Å². The van der Waals surface area contributed by atoms with Crippen LogP contribution in [0.1, 0.15) is 0 Å². The van der Waals surface area contributed by atoms with Crippen LogP contribution >= 0.6 is 0 Å². The molecule has 0 fully saturated rings. The minimum Gasteiger partial charge on any atom is -0.399 e. The Balaban J connectivity index is 1.88. The summed E-state index contributed by atoms with van der Waals surface area (Å²) in [6, 6.07) is 15.3. The molecule has 1 aromatic heterocycles. The van der Waals surface area contributed by atoms with Gasteiger partial charge in [0.05, 0.1) is 5.69 Å². The standard InChI is InChI=1S/C16H13FN4/c17-12-4-6-14(7-5-12)20-16-19-9-8-15(21-16)11-2-1-3-13(18)10-11/h1-10H,18H2,(H,19,20,21). The number of rotatable bonds is 3. The molecular weight excluding hydrogens is 267 g/mol. The molecule has 0 spiro atoms. The Kier molecular flexibility index (Phi) is 3.47. The van der Waals surface area contributed by atoms with Crippen LogP contribution in [0.4, 0.5) is 21.7 Å². The molecule has 0 saturated carbocycles. The zero-order valence-corrected chi connectivity index (χ0v) is 11.1. The number of nitrogens with zero attached hydrogens (tertiary/aromatic N) is 2. The van der Waals surface area contributed by atoms with Crippen molar-refractivity contribution in [1.82, 2.24) is 9.97 Å². The van der Waals surface area contributed by atoms with Gasteiger partial charge in [0.1, 0.15) is 5.82 Å². The maximum absolute atomic E-state index is 12.9. The zero-order chi connectivity index (χ0) is 14.7. The summed E-state index contributed by atoms with van der Waals surface area (Å²) in [6.45, 7) is 0. The van der Waals surface area contributed by atoms with Crippen molar-refractivity contribution >= 4 is 17.3 Å². The quantitative estimate of drug-likeness (QED) is 0.719. The molecule has 3 rings (SSSR count). The Morgan fingerprint density at radius 3 is 2.57 bits per heavy atom. The first kappa shape index (κ1) is 13.1. The topological polar surface area (TPSA) is 63.8 Å². The Labute approximate surface area is 121 Å². The molecule has 5 heteroatoms. The Hall–Kier alpha value is -2.95. The summed E-state index contributed by atoms with van der Waals surface area (Å²) in [5.41, 5.74) is 8.86. The largest absolute Gasteiger partial charge is 0.399 e. The van der Waals surface area contributed by atoms with Crippen molar-refractivity contribution in [1.29, 1.82) is 0 Å². The van der Waals surface area contributed by atoms with Gasteiger partial charge in [-0.15, -0.1) is 0 Å². The number of hydrogen-bond acceptors (Lipinski definition) is 4. The molecule has 0 unspecified atom stereocenters. The fourth-order valence-corrected chi connectivity index (χ4v) is 1.94. The van der Waals surface area contributed by atoms with E-state index in [1.165, 1.54) is 12.1 Å². The van der Waals surface area contributed by atoms with Crippen LogP contribution in [0.5, 0.6) is 0 Å². The zero-order valence-electron chi connectivity index (χ0n) is 11.1. The van der Waals surface area contributed by atoms with Crippen LogP contribution in [0, 0.1) is 5.82 Å². The molecule has 0 aliphatic rings. The first-order valence-electron chi connectivity index (χ1n) is 6.42. The van der Waals surface area contributed by atoms with Crippen molar-refractivity contribution < 1.29 is 4.39 Å². The molecule has 0 saturated heterocycles. The fourth-order valence-electron chi connectivity index (χ4n) is 1.94. The lowest BCUT2D eigenvalue weighted by Crippen LogP contribution is -1.98. The average molecular weight is 280 g/mol. The normalized spacial score (nSPS) is 10.3. The summed E-state index contributed by atoms with van der Waals surface area (Å²) in [6.07, 6.45) is 1.66. The molecule has 0 aliphatic carbocycles. The minimum absolute atomic E-state index is 0.282. The van der Waals surface area contributed by atoms with E-state index in [1.54, 1.807) is 18.3 Å². The number of benzene rings is 2. The number of nitrogens with one attached hydrogen (secondary N) is 1. The van der Waals surface area contributed by atoms with E-state index >= 15 is 0 Å². The number of nitrogens with two attached hydrogens (primary N) is 1. The van der Waals surface area contributed by atoms with E-state index in [0.29, 0.717) is 11.6 Å². The lowest BCUT2D eigenvalue weighted by Gasteiger charge is -2.07. The fraction of sp³-hybridized carbons (Fsp3) is 0. The monoisotopic (exact) mass is 280 g/mol. The minimum atomic E-state index is -0.282. The highest BCUT2D eigenvalue weighted by molar-refractivity contribution is 5.65. The molecule has 3 N–H and O–H groups in total. The second-order valence-corrected chi connectivity index (χ2v) is 4.52. The Morgan fingerprint density at radius 1 is 1.00 bits per heavy atom.